The van der Waals surface area contributed by atoms with E-state index in [0.29, 0.717) is 11.8 Å². The van der Waals surface area contributed by atoms with Gasteiger partial charge in [0.1, 0.15) is 5.03 Å². The van der Waals surface area contributed by atoms with Crippen LogP contribution in [0, 0.1) is 23.5 Å². The molecule has 2 nitrogen and oxygen atoms in total. The zero-order valence-electron chi connectivity index (χ0n) is 8.12. The smallest absolute Gasteiger partial charge is 0.250 e. The van der Waals surface area contributed by atoms with E-state index in [0.717, 1.165) is 0 Å². The normalized spacial score (nSPS) is 10.6. The fourth-order valence-corrected chi connectivity index (χ4v) is 1.89. The summed E-state index contributed by atoms with van der Waals surface area (Å²) in [4.78, 5) is 5.44. The predicted octanol–water partition coefficient (Wildman–Crippen LogP) is 3.18. The van der Waals surface area contributed by atoms with E-state index in [1.807, 2.05) is 0 Å². The van der Waals surface area contributed by atoms with Crippen LogP contribution >= 0.6 is 11.8 Å². The van der Waals surface area contributed by atoms with Gasteiger partial charge < -0.3 is 0 Å². The van der Waals surface area contributed by atoms with Crippen molar-refractivity contribution in [3.63, 3.8) is 0 Å². The largest absolute Gasteiger partial charge is 0.252 e. The first-order valence-corrected chi connectivity index (χ1v) is 5.20. The van der Waals surface area contributed by atoms with Gasteiger partial charge in [-0.15, -0.1) is 0 Å². The van der Waals surface area contributed by atoms with Gasteiger partial charge in [0.2, 0.25) is 0 Å². The molecule has 88 valence electrons. The molecule has 2 heterocycles. The molecule has 0 aromatic carbocycles. The highest BCUT2D eigenvalue weighted by Crippen LogP contribution is 2.31. The van der Waals surface area contributed by atoms with Gasteiger partial charge in [0.15, 0.2) is 11.6 Å². The van der Waals surface area contributed by atoms with Crippen LogP contribution in [0.5, 0.6) is 0 Å². The Morgan fingerprint density at radius 3 is 2.12 bits per heavy atom. The van der Waals surface area contributed by atoms with Crippen LogP contribution in [0.1, 0.15) is 0 Å². The highest BCUT2D eigenvalue weighted by Gasteiger charge is 2.21. The molecule has 0 atom stereocenters. The molecule has 17 heavy (non-hydrogen) atoms. The molecule has 0 aliphatic heterocycles. The van der Waals surface area contributed by atoms with E-state index < -0.39 is 28.4 Å². The van der Waals surface area contributed by atoms with Crippen LogP contribution in [0.4, 0.5) is 17.6 Å². The lowest BCUT2D eigenvalue weighted by Crippen LogP contribution is -2.02. The molecule has 2 aromatic rings. The van der Waals surface area contributed by atoms with E-state index in [-0.39, 0.29) is 5.03 Å². The minimum Gasteiger partial charge on any atom is -0.250 e. The van der Waals surface area contributed by atoms with Gasteiger partial charge in [-0.05, 0) is 12.1 Å². The number of pyridine rings is 2. The van der Waals surface area contributed by atoms with Crippen LogP contribution in [0.25, 0.3) is 0 Å². The fourth-order valence-electron chi connectivity index (χ4n) is 1.07. The molecule has 2 rings (SSSR count). The maximum Gasteiger partial charge on any atom is 0.252 e. The van der Waals surface area contributed by atoms with Crippen LogP contribution in [0.15, 0.2) is 34.3 Å². The Morgan fingerprint density at radius 2 is 1.59 bits per heavy atom. The first kappa shape index (κ1) is 11.8. The molecule has 0 saturated carbocycles. The van der Waals surface area contributed by atoms with Crippen molar-refractivity contribution in [1.82, 2.24) is 9.97 Å². The van der Waals surface area contributed by atoms with Crippen molar-refractivity contribution in [1.29, 1.82) is 0 Å². The topological polar surface area (TPSA) is 25.8 Å². The van der Waals surface area contributed by atoms with E-state index >= 15 is 0 Å². The van der Waals surface area contributed by atoms with Crippen molar-refractivity contribution >= 4 is 11.8 Å². The van der Waals surface area contributed by atoms with E-state index in [1.54, 1.807) is 12.1 Å². The second-order valence-corrected chi connectivity index (χ2v) is 3.95. The number of nitrogens with zero attached hydrogens (tertiary/aromatic N) is 2. The maximum absolute atomic E-state index is 13.2. The van der Waals surface area contributed by atoms with E-state index in [1.165, 1.54) is 12.3 Å². The molecule has 7 heteroatoms. The summed E-state index contributed by atoms with van der Waals surface area (Å²) in [7, 11) is 0. The second kappa shape index (κ2) is 4.70. The van der Waals surface area contributed by atoms with Crippen molar-refractivity contribution in [3.8, 4) is 0 Å². The summed E-state index contributed by atoms with van der Waals surface area (Å²) in [5.41, 5.74) is 0. The third-order valence-corrected chi connectivity index (χ3v) is 2.81. The van der Waals surface area contributed by atoms with Crippen LogP contribution in [0.2, 0.25) is 0 Å². The Labute approximate surface area is 97.7 Å². The lowest BCUT2D eigenvalue weighted by Gasteiger charge is -2.04. The van der Waals surface area contributed by atoms with Gasteiger partial charge >= 0.3 is 0 Å². The Morgan fingerprint density at radius 1 is 0.941 bits per heavy atom. The van der Waals surface area contributed by atoms with Crippen LogP contribution in [0.3, 0.4) is 0 Å². The Bertz CT molecular complexity index is 521. The first-order valence-electron chi connectivity index (χ1n) is 4.38. The quantitative estimate of drug-likeness (QED) is 0.612. The van der Waals surface area contributed by atoms with Gasteiger partial charge in [0.05, 0.1) is 4.90 Å². The summed E-state index contributed by atoms with van der Waals surface area (Å²) in [6.45, 7) is 0. The SMILES string of the molecule is Fc1nc(F)c(F)c(Sc2ccccn2)c1F. The maximum atomic E-state index is 13.2. The minimum absolute atomic E-state index is 0.218. The average Bonchev–Trinajstić information content (AvgIpc) is 2.33. The van der Waals surface area contributed by atoms with E-state index in [4.69, 9.17) is 0 Å². The number of hydrogen-bond acceptors (Lipinski definition) is 3. The standard InChI is InChI=1S/C10H4F4N2S/c11-6-8(7(12)10(14)16-9(6)13)17-5-3-1-2-4-15-5/h1-4H. The molecule has 0 saturated heterocycles. The van der Waals surface area contributed by atoms with Gasteiger partial charge in [0.25, 0.3) is 11.9 Å². The Kier molecular flexibility index (Phi) is 3.28. The number of hydrogen-bond donors (Lipinski definition) is 0. The van der Waals surface area contributed by atoms with Crippen molar-refractivity contribution in [2.75, 3.05) is 0 Å². The minimum atomic E-state index is -1.68. The monoisotopic (exact) mass is 260 g/mol. The molecule has 0 spiro atoms. The molecule has 0 aliphatic rings. The van der Waals surface area contributed by atoms with Crippen LogP contribution in [-0.4, -0.2) is 9.97 Å². The summed E-state index contributed by atoms with van der Waals surface area (Å²) in [6, 6.07) is 4.64. The van der Waals surface area contributed by atoms with Crippen molar-refractivity contribution in [2.45, 2.75) is 9.92 Å². The molecule has 0 bridgehead atoms. The van der Waals surface area contributed by atoms with Crippen molar-refractivity contribution in [2.24, 2.45) is 0 Å². The van der Waals surface area contributed by atoms with E-state index in [2.05, 4.69) is 9.97 Å². The highest BCUT2D eigenvalue weighted by atomic mass is 32.2. The van der Waals surface area contributed by atoms with Gasteiger partial charge in [-0.1, -0.05) is 17.8 Å². The van der Waals surface area contributed by atoms with Crippen LogP contribution in [-0.2, 0) is 0 Å². The first-order chi connectivity index (χ1) is 8.09. The molecule has 0 aliphatic carbocycles. The number of aromatic nitrogens is 2. The van der Waals surface area contributed by atoms with Crippen molar-refractivity contribution in [3.05, 3.63) is 47.9 Å². The molecule has 0 N–H and O–H groups in total. The molecular formula is C10H4F4N2S. The number of halogens is 4. The summed E-state index contributed by atoms with van der Waals surface area (Å²) < 4.78 is 52.1. The predicted molar refractivity (Wildman–Crippen MR) is 52.4 cm³/mol. The molecule has 0 amide bonds. The highest BCUT2D eigenvalue weighted by molar-refractivity contribution is 7.99. The van der Waals surface area contributed by atoms with Gasteiger partial charge in [0, 0.05) is 6.20 Å². The molecule has 0 unspecified atom stereocenters. The summed E-state index contributed by atoms with van der Waals surface area (Å²) in [6.07, 6.45) is 1.39. The Balaban J connectivity index is 2.46. The fraction of sp³-hybridized carbons (Fsp3) is 0. The lowest BCUT2D eigenvalue weighted by molar-refractivity contribution is 0.383. The zero-order valence-corrected chi connectivity index (χ0v) is 8.94. The lowest BCUT2D eigenvalue weighted by atomic mass is 10.4. The molecule has 0 fully saturated rings. The summed E-state index contributed by atoms with van der Waals surface area (Å²) in [5, 5.41) is 0.218. The Hall–Kier alpha value is -1.63. The van der Waals surface area contributed by atoms with Crippen molar-refractivity contribution < 1.29 is 17.6 Å². The molecular weight excluding hydrogens is 256 g/mol. The third-order valence-electron chi connectivity index (χ3n) is 1.80. The second-order valence-electron chi connectivity index (χ2n) is 2.92. The summed E-state index contributed by atoms with van der Waals surface area (Å²) >= 11 is 0.488. The van der Waals surface area contributed by atoms with Crippen LogP contribution < -0.4 is 0 Å². The van der Waals surface area contributed by atoms with Gasteiger partial charge in [-0.3, -0.25) is 0 Å². The van der Waals surface area contributed by atoms with Gasteiger partial charge in [-0.25, -0.2) is 13.8 Å². The van der Waals surface area contributed by atoms with Gasteiger partial charge in [-0.2, -0.15) is 13.8 Å². The third kappa shape index (κ3) is 2.38. The number of rotatable bonds is 2. The average molecular weight is 260 g/mol. The summed E-state index contributed by atoms with van der Waals surface area (Å²) in [5.74, 6) is -6.41. The molecule has 0 radical (unpaired) electrons. The van der Waals surface area contributed by atoms with E-state index in [9.17, 15) is 17.6 Å². The molecule has 2 aromatic heterocycles. The zero-order chi connectivity index (χ0) is 12.4.